The molecule has 3 aromatic carbocycles. The predicted octanol–water partition coefficient (Wildman–Crippen LogP) is 6.25. The molecule has 3 heterocycles. The average molecular weight is 607 g/mol. The number of anilines is 1. The van der Waals surface area contributed by atoms with Crippen LogP contribution in [0.2, 0.25) is 5.02 Å². The molecule has 0 aliphatic carbocycles. The molecule has 1 unspecified atom stereocenters. The lowest BCUT2D eigenvalue weighted by molar-refractivity contribution is -0.137. The van der Waals surface area contributed by atoms with E-state index in [2.05, 4.69) is 20.5 Å². The summed E-state index contributed by atoms with van der Waals surface area (Å²) in [4.78, 5) is 31.2. The molecule has 0 bridgehead atoms. The number of benzene rings is 3. The number of alkyl halides is 3. The van der Waals surface area contributed by atoms with Crippen LogP contribution in [-0.4, -0.2) is 35.6 Å². The first-order valence-electron chi connectivity index (χ1n) is 13.0. The van der Waals surface area contributed by atoms with Gasteiger partial charge in [0.15, 0.2) is 5.65 Å². The topological polar surface area (TPSA) is 118 Å². The summed E-state index contributed by atoms with van der Waals surface area (Å²) in [7, 11) is 1.64. The Hall–Kier alpha value is -4.94. The molecule has 0 aliphatic rings. The Morgan fingerprint density at radius 2 is 1.84 bits per heavy atom. The van der Waals surface area contributed by atoms with E-state index in [-0.39, 0.29) is 16.6 Å². The van der Waals surface area contributed by atoms with Crippen LogP contribution in [0.4, 0.5) is 18.9 Å². The highest BCUT2D eigenvalue weighted by Gasteiger charge is 2.31. The second kappa shape index (κ2) is 10.4. The van der Waals surface area contributed by atoms with Gasteiger partial charge in [0, 0.05) is 34.4 Å². The number of halogens is 4. The summed E-state index contributed by atoms with van der Waals surface area (Å²) in [6.07, 6.45) is -3.88. The number of aliphatic hydroxyl groups is 1. The minimum atomic E-state index is -4.58. The van der Waals surface area contributed by atoms with Crippen molar-refractivity contribution in [3.8, 4) is 16.9 Å². The van der Waals surface area contributed by atoms with Crippen LogP contribution in [0, 0.1) is 0 Å². The average Bonchev–Trinajstić information content (AvgIpc) is 3.52. The van der Waals surface area contributed by atoms with E-state index in [1.54, 1.807) is 44.3 Å². The molecule has 3 aromatic heterocycles. The number of nitrogens with zero attached hydrogens (tertiary/aromatic N) is 4. The molecule has 0 aliphatic heterocycles. The maximum absolute atomic E-state index is 13.8. The van der Waals surface area contributed by atoms with E-state index in [0.717, 1.165) is 12.1 Å². The van der Waals surface area contributed by atoms with Crippen LogP contribution >= 0.6 is 11.6 Å². The Balaban J connectivity index is 1.41. The Bertz CT molecular complexity index is 2100. The number of hydrogen-bond acceptors (Lipinski definition) is 5. The van der Waals surface area contributed by atoms with Crippen molar-refractivity contribution >= 4 is 45.1 Å². The summed E-state index contributed by atoms with van der Waals surface area (Å²) in [6.45, 7) is 1.56. The molecule has 0 saturated heterocycles. The third-order valence-electron chi connectivity index (χ3n) is 7.08. The highest BCUT2D eigenvalue weighted by Crippen LogP contribution is 2.35. The highest BCUT2D eigenvalue weighted by molar-refractivity contribution is 6.31. The number of nitrogens with one attached hydrogen (secondary N) is 2. The second-order valence-electron chi connectivity index (χ2n) is 9.96. The van der Waals surface area contributed by atoms with Crippen LogP contribution in [0.15, 0.2) is 77.7 Å². The number of amides is 1. The van der Waals surface area contributed by atoms with E-state index in [9.17, 15) is 27.9 Å². The number of H-pyrrole nitrogens is 1. The lowest BCUT2D eigenvalue weighted by Gasteiger charge is -2.11. The van der Waals surface area contributed by atoms with Crippen molar-refractivity contribution in [1.82, 2.24) is 24.5 Å². The molecular weight excluding hydrogens is 585 g/mol. The van der Waals surface area contributed by atoms with E-state index >= 15 is 0 Å². The molecule has 0 radical (unpaired) electrons. The molecule has 1 atom stereocenters. The van der Waals surface area contributed by atoms with Crippen molar-refractivity contribution in [2.75, 3.05) is 5.32 Å². The lowest BCUT2D eigenvalue weighted by Crippen LogP contribution is -2.16. The second-order valence-corrected chi connectivity index (χ2v) is 10.4. The fourth-order valence-electron chi connectivity index (χ4n) is 4.89. The number of aromatic amines is 1. The lowest BCUT2D eigenvalue weighted by atomic mass is 10.0. The van der Waals surface area contributed by atoms with Crippen molar-refractivity contribution in [1.29, 1.82) is 0 Å². The van der Waals surface area contributed by atoms with Crippen molar-refractivity contribution in [2.24, 2.45) is 7.05 Å². The number of aromatic nitrogens is 5. The number of rotatable bonds is 5. The Morgan fingerprint density at radius 1 is 1.09 bits per heavy atom. The fraction of sp³-hybridized carbons (Fsp3) is 0.133. The summed E-state index contributed by atoms with van der Waals surface area (Å²) < 4.78 is 43.2. The summed E-state index contributed by atoms with van der Waals surface area (Å²) in [6, 6.07) is 15.6. The normalized spacial score (nSPS) is 12.6. The molecule has 0 saturated carbocycles. The minimum absolute atomic E-state index is 0.0766. The smallest absolute Gasteiger partial charge is 0.389 e. The fourth-order valence-corrected chi connectivity index (χ4v) is 5.17. The quantitative estimate of drug-likeness (QED) is 0.215. The third-order valence-corrected chi connectivity index (χ3v) is 7.42. The van der Waals surface area contributed by atoms with Crippen molar-refractivity contribution in [3.63, 3.8) is 0 Å². The van der Waals surface area contributed by atoms with Gasteiger partial charge in [-0.3, -0.25) is 19.4 Å². The summed E-state index contributed by atoms with van der Waals surface area (Å²) in [5.41, 5.74) is 1.11. The van der Waals surface area contributed by atoms with Crippen LogP contribution in [0.3, 0.4) is 0 Å². The van der Waals surface area contributed by atoms with Crippen LogP contribution in [0.1, 0.15) is 34.5 Å². The number of hydrogen-bond donors (Lipinski definition) is 3. The van der Waals surface area contributed by atoms with Gasteiger partial charge >= 0.3 is 6.18 Å². The molecule has 1 amide bonds. The van der Waals surface area contributed by atoms with Crippen molar-refractivity contribution < 1.29 is 23.1 Å². The van der Waals surface area contributed by atoms with Gasteiger partial charge in [-0.25, -0.2) is 9.67 Å². The first kappa shape index (κ1) is 28.2. The molecule has 0 fully saturated rings. The molecule has 218 valence electrons. The largest absolute Gasteiger partial charge is 0.416 e. The number of pyridine rings is 1. The predicted molar refractivity (Wildman–Crippen MR) is 156 cm³/mol. The molecule has 3 N–H and O–H groups in total. The number of fused-ring (bicyclic) bond motifs is 3. The van der Waals surface area contributed by atoms with E-state index in [0.29, 0.717) is 44.1 Å². The van der Waals surface area contributed by atoms with Gasteiger partial charge in [0.25, 0.3) is 11.5 Å². The summed E-state index contributed by atoms with van der Waals surface area (Å²) in [5.74, 6) is -0.428. The maximum Gasteiger partial charge on any atom is 0.416 e. The van der Waals surface area contributed by atoms with Gasteiger partial charge in [-0.2, -0.15) is 18.3 Å². The Morgan fingerprint density at radius 3 is 2.53 bits per heavy atom. The molecule has 6 aromatic rings. The van der Waals surface area contributed by atoms with Gasteiger partial charge in [-0.15, -0.1) is 0 Å². The van der Waals surface area contributed by atoms with E-state index in [4.69, 9.17) is 11.6 Å². The zero-order valence-electron chi connectivity index (χ0n) is 22.6. The molecule has 13 heteroatoms. The molecule has 0 spiro atoms. The first-order chi connectivity index (χ1) is 20.4. The van der Waals surface area contributed by atoms with E-state index < -0.39 is 29.3 Å². The van der Waals surface area contributed by atoms with Crippen LogP contribution in [0.25, 0.3) is 38.9 Å². The van der Waals surface area contributed by atoms with Crippen LogP contribution in [0.5, 0.6) is 0 Å². The monoisotopic (exact) mass is 606 g/mol. The number of aliphatic hydroxyl groups excluding tert-OH is 1. The van der Waals surface area contributed by atoms with E-state index in [1.807, 2.05) is 0 Å². The summed E-state index contributed by atoms with van der Waals surface area (Å²) >= 11 is 6.11. The standard InChI is InChI=1S/C30H22ClF3N6O3/c1-15(41)21-13-19(8-11-23(21)31)36-28(42)16-6-9-20(10-7-16)40-29(43)24-25(17-4-3-5-18(12-17)30(32,33)34)37-27-22(26(24)38-40)14-35-39(27)2/h3-15,38,41H,1-2H3,(H,36,42). The number of aryl methyl sites for hydroxylation is 1. The minimum Gasteiger partial charge on any atom is -0.389 e. The SMILES string of the molecule is CC(O)c1cc(NC(=O)c2ccc(-n3[nH]c4c(c(-c5cccc(C(F)(F)F)c5)nc5c4cnn5C)c3=O)cc2)ccc1Cl. The van der Waals surface area contributed by atoms with Gasteiger partial charge in [-0.05, 0) is 61.5 Å². The molecule has 9 nitrogen and oxygen atoms in total. The third kappa shape index (κ3) is 5.04. The first-order valence-corrected chi connectivity index (χ1v) is 13.3. The van der Waals surface area contributed by atoms with Crippen molar-refractivity contribution in [2.45, 2.75) is 19.2 Å². The van der Waals surface area contributed by atoms with Crippen molar-refractivity contribution in [3.05, 3.63) is 105 Å². The van der Waals surface area contributed by atoms with Crippen LogP contribution < -0.4 is 10.9 Å². The summed E-state index contributed by atoms with van der Waals surface area (Å²) in [5, 5.41) is 20.9. The van der Waals surface area contributed by atoms with Gasteiger partial charge in [0.1, 0.15) is 0 Å². The highest BCUT2D eigenvalue weighted by atomic mass is 35.5. The Kier molecular flexibility index (Phi) is 6.82. The maximum atomic E-state index is 13.8. The molecular formula is C30H22ClF3N6O3. The van der Waals surface area contributed by atoms with Gasteiger partial charge < -0.3 is 10.4 Å². The van der Waals surface area contributed by atoms with Gasteiger partial charge in [-0.1, -0.05) is 23.7 Å². The molecule has 43 heavy (non-hydrogen) atoms. The number of carbonyl (C=O) groups excluding carboxylic acids is 1. The molecule has 6 rings (SSSR count). The number of carbonyl (C=O) groups is 1. The Labute approximate surface area is 246 Å². The zero-order chi connectivity index (χ0) is 30.6. The van der Waals surface area contributed by atoms with Gasteiger partial charge in [0.2, 0.25) is 0 Å². The van der Waals surface area contributed by atoms with Gasteiger partial charge in [0.05, 0.1) is 45.5 Å². The van der Waals surface area contributed by atoms with Crippen LogP contribution in [-0.2, 0) is 13.2 Å². The zero-order valence-corrected chi connectivity index (χ0v) is 23.3. The van der Waals surface area contributed by atoms with E-state index in [1.165, 1.54) is 39.8 Å².